The van der Waals surface area contributed by atoms with E-state index < -0.39 is 15.4 Å². The van der Waals surface area contributed by atoms with Crippen molar-refractivity contribution in [1.29, 1.82) is 0 Å². The largest absolute Gasteiger partial charge is 0.444 e. The summed E-state index contributed by atoms with van der Waals surface area (Å²) in [5.74, 6) is 1.30. The van der Waals surface area contributed by atoms with Crippen molar-refractivity contribution >= 4 is 15.9 Å². The van der Waals surface area contributed by atoms with Crippen molar-refractivity contribution in [1.82, 2.24) is 10.2 Å². The Bertz CT molecular complexity index is 481. The highest BCUT2D eigenvalue weighted by Gasteiger charge is 2.45. The molecule has 0 spiro atoms. The third-order valence-electron chi connectivity index (χ3n) is 4.82. The first-order valence-electron chi connectivity index (χ1n) is 10.4. The van der Waals surface area contributed by atoms with Gasteiger partial charge in [-0.3, -0.25) is 0 Å². The summed E-state index contributed by atoms with van der Waals surface area (Å²) < 4.78 is 12.1. The lowest BCUT2D eigenvalue weighted by molar-refractivity contribution is 0.0182. The van der Waals surface area contributed by atoms with Crippen LogP contribution in [0.25, 0.3) is 0 Å². The molecule has 2 atom stereocenters. The Kier molecular flexibility index (Phi) is 8.39. The molecule has 6 heteroatoms. The fourth-order valence-corrected chi connectivity index (χ4v) is 4.43. The van der Waals surface area contributed by atoms with Gasteiger partial charge in [0.25, 0.3) is 0 Å². The first-order valence-corrected chi connectivity index (χ1v) is 11.7. The zero-order valence-electron chi connectivity index (χ0n) is 19.4. The zero-order chi connectivity index (χ0) is 21.0. The van der Waals surface area contributed by atoms with Crippen LogP contribution in [0, 0.1) is 17.8 Å². The van der Waals surface area contributed by atoms with Crippen molar-refractivity contribution in [3.05, 3.63) is 0 Å². The van der Waals surface area contributed by atoms with Crippen molar-refractivity contribution in [3.8, 4) is 0 Å². The lowest BCUT2D eigenvalue weighted by atomic mass is 9.82. The smallest absolute Gasteiger partial charge is 0.410 e. The van der Waals surface area contributed by atoms with Crippen LogP contribution >= 0.6 is 0 Å². The average Bonchev–Trinajstić information content (AvgIpc) is 2.88. The summed E-state index contributed by atoms with van der Waals surface area (Å²) in [5, 5.41) is 3.84. The van der Waals surface area contributed by atoms with E-state index in [2.05, 4.69) is 53.8 Å². The molecule has 0 saturated carbocycles. The summed E-state index contributed by atoms with van der Waals surface area (Å²) >= 11 is 0. The lowest BCUT2D eigenvalue weighted by Crippen LogP contribution is -2.44. The summed E-state index contributed by atoms with van der Waals surface area (Å²) in [5.41, 5.74) is -0.702. The monoisotopic (exact) mass is 400 g/mol. The minimum absolute atomic E-state index is 0.206. The van der Waals surface area contributed by atoms with Crippen LogP contribution in [0.5, 0.6) is 0 Å². The Balaban J connectivity index is 2.85. The van der Waals surface area contributed by atoms with E-state index in [1.807, 2.05) is 25.7 Å². The molecule has 1 N–H and O–H groups in total. The highest BCUT2D eigenvalue weighted by atomic mass is 28.2. The van der Waals surface area contributed by atoms with E-state index in [1.165, 1.54) is 0 Å². The van der Waals surface area contributed by atoms with Crippen molar-refractivity contribution in [3.63, 3.8) is 0 Å². The number of nitrogens with one attached hydrogen (secondary N) is 1. The topological polar surface area (TPSA) is 50.8 Å². The van der Waals surface area contributed by atoms with Gasteiger partial charge in [0.2, 0.25) is 0 Å². The minimum Gasteiger partial charge on any atom is -0.444 e. The molecule has 0 bridgehead atoms. The molecular formula is C21H44N2O3Si. The zero-order valence-corrected chi connectivity index (χ0v) is 20.9. The van der Waals surface area contributed by atoms with Crippen LogP contribution in [-0.4, -0.2) is 58.1 Å². The van der Waals surface area contributed by atoms with E-state index in [9.17, 15) is 4.79 Å². The maximum atomic E-state index is 12.6. The summed E-state index contributed by atoms with van der Waals surface area (Å²) in [6.45, 7) is 24.7. The molecule has 1 rings (SSSR count). The second-order valence-corrected chi connectivity index (χ2v) is 14.0. The molecule has 2 unspecified atom stereocenters. The van der Waals surface area contributed by atoms with Gasteiger partial charge in [0.15, 0.2) is 9.76 Å². The van der Waals surface area contributed by atoms with Crippen LogP contribution in [0.3, 0.4) is 0 Å². The highest BCUT2D eigenvalue weighted by molar-refractivity contribution is 6.31. The average molecular weight is 401 g/mol. The van der Waals surface area contributed by atoms with E-state index >= 15 is 0 Å². The molecule has 160 valence electrons. The van der Waals surface area contributed by atoms with Crippen LogP contribution in [-0.2, 0) is 9.16 Å². The summed E-state index contributed by atoms with van der Waals surface area (Å²) in [6.07, 6.45) is -0.206. The number of hydrogen-bond acceptors (Lipinski definition) is 4. The molecule has 0 radical (unpaired) electrons. The number of nitrogens with zero attached hydrogens (tertiary/aromatic N) is 1. The molecule has 1 fully saturated rings. The second-order valence-electron chi connectivity index (χ2n) is 11.3. The normalized spacial score (nSPS) is 22.3. The summed E-state index contributed by atoms with van der Waals surface area (Å²) in [7, 11) is -0.662. The van der Waals surface area contributed by atoms with E-state index in [-0.39, 0.29) is 16.7 Å². The molecule has 1 aliphatic heterocycles. The number of carbonyl (C=O) groups excluding carboxylic acids is 1. The molecule has 1 amide bonds. The molecule has 0 aromatic heterocycles. The highest BCUT2D eigenvalue weighted by Crippen LogP contribution is 2.36. The maximum Gasteiger partial charge on any atom is 0.410 e. The van der Waals surface area contributed by atoms with Crippen molar-refractivity contribution in [2.24, 2.45) is 17.8 Å². The van der Waals surface area contributed by atoms with Gasteiger partial charge in [-0.25, -0.2) is 4.79 Å². The number of likely N-dealkylation sites (tertiary alicyclic amines) is 1. The fraction of sp³-hybridized carbons (Fsp3) is 0.952. The van der Waals surface area contributed by atoms with Crippen molar-refractivity contribution < 1.29 is 14.0 Å². The van der Waals surface area contributed by atoms with Crippen LogP contribution in [0.1, 0.15) is 69.2 Å². The van der Waals surface area contributed by atoms with Crippen LogP contribution in [0.15, 0.2) is 0 Å². The first-order chi connectivity index (χ1) is 12.1. The number of amides is 1. The van der Waals surface area contributed by atoms with Gasteiger partial charge >= 0.3 is 6.09 Å². The van der Waals surface area contributed by atoms with E-state index in [0.717, 1.165) is 19.6 Å². The van der Waals surface area contributed by atoms with Gasteiger partial charge < -0.3 is 19.4 Å². The minimum atomic E-state index is -0.662. The van der Waals surface area contributed by atoms with Crippen LogP contribution in [0.4, 0.5) is 4.79 Å². The molecule has 5 nitrogen and oxygen atoms in total. The Labute approximate surface area is 169 Å². The fourth-order valence-electron chi connectivity index (χ4n) is 3.41. The summed E-state index contributed by atoms with van der Waals surface area (Å²) in [4.78, 5) is 14.5. The number of ether oxygens (including phenoxy) is 1. The van der Waals surface area contributed by atoms with E-state index in [1.54, 1.807) is 0 Å². The predicted molar refractivity (Wildman–Crippen MR) is 116 cm³/mol. The number of hydrogen-bond donors (Lipinski definition) is 1. The molecule has 27 heavy (non-hydrogen) atoms. The molecule has 1 heterocycles. The van der Waals surface area contributed by atoms with Gasteiger partial charge in [-0.05, 0) is 58.0 Å². The third kappa shape index (κ3) is 8.96. The van der Waals surface area contributed by atoms with E-state index in [0.29, 0.717) is 24.3 Å². The van der Waals surface area contributed by atoms with Gasteiger partial charge in [-0.1, -0.05) is 34.6 Å². The van der Waals surface area contributed by atoms with Crippen LogP contribution in [0.2, 0.25) is 5.04 Å². The standard InChI is InChI=1S/C21H44N2O3Si/c1-15(2)11-22-12-16-13-23(18(24)25-19(3,4)5)14-17(16)21(9,10)26-27-20(6,7)8/h15-17,22H,11-14,27H2,1-10H3. The van der Waals surface area contributed by atoms with Gasteiger partial charge in [-0.2, -0.15) is 0 Å². The second kappa shape index (κ2) is 9.27. The quantitative estimate of drug-likeness (QED) is 0.660. The third-order valence-corrected chi connectivity index (χ3v) is 6.58. The van der Waals surface area contributed by atoms with Crippen molar-refractivity contribution in [2.75, 3.05) is 26.2 Å². The molecule has 1 aliphatic rings. The van der Waals surface area contributed by atoms with Gasteiger partial charge in [0, 0.05) is 25.6 Å². The van der Waals surface area contributed by atoms with Gasteiger partial charge in [0.05, 0.1) is 5.60 Å². The predicted octanol–water partition coefficient (Wildman–Crippen LogP) is 3.81. The first kappa shape index (κ1) is 24.4. The Morgan fingerprint density at radius 1 is 1.11 bits per heavy atom. The number of carbonyl (C=O) groups is 1. The molecular weight excluding hydrogens is 356 g/mol. The molecule has 0 aromatic rings. The Hall–Kier alpha value is -0.593. The van der Waals surface area contributed by atoms with Gasteiger partial charge in [-0.15, -0.1) is 0 Å². The molecule has 0 aromatic carbocycles. The Morgan fingerprint density at radius 3 is 2.19 bits per heavy atom. The number of rotatable bonds is 7. The lowest BCUT2D eigenvalue weighted by Gasteiger charge is -2.37. The van der Waals surface area contributed by atoms with Gasteiger partial charge in [0.1, 0.15) is 5.60 Å². The molecule has 0 aliphatic carbocycles. The summed E-state index contributed by atoms with van der Waals surface area (Å²) in [6, 6.07) is 0. The maximum absolute atomic E-state index is 12.6. The Morgan fingerprint density at radius 2 is 1.70 bits per heavy atom. The van der Waals surface area contributed by atoms with Crippen LogP contribution < -0.4 is 5.32 Å². The van der Waals surface area contributed by atoms with E-state index in [4.69, 9.17) is 9.16 Å². The van der Waals surface area contributed by atoms with Crippen molar-refractivity contribution in [2.45, 2.75) is 85.5 Å². The molecule has 1 saturated heterocycles. The SMILES string of the molecule is CC(C)CNCC1CN(C(=O)OC(C)(C)C)CC1C(C)(C)O[SiH2]C(C)(C)C.